The third kappa shape index (κ3) is 192. The quantitative estimate of drug-likeness (QED) is 0.358. The normalized spacial score (nSPS) is 5.14. The van der Waals surface area contributed by atoms with Crippen LogP contribution in [-0.2, 0) is 17.1 Å². The van der Waals surface area contributed by atoms with E-state index in [0.717, 1.165) is 0 Å². The predicted octanol–water partition coefficient (Wildman–Crippen LogP) is -4.76. The summed E-state index contributed by atoms with van der Waals surface area (Å²) in [4.78, 5) is 0. The molecule has 0 bridgehead atoms. The van der Waals surface area contributed by atoms with Crippen molar-refractivity contribution in [3.8, 4) is 0 Å². The summed E-state index contributed by atoms with van der Waals surface area (Å²) in [6.07, 6.45) is 0. The van der Waals surface area contributed by atoms with Crippen LogP contribution in [0.2, 0.25) is 0 Å². The van der Waals surface area contributed by atoms with E-state index in [1.165, 1.54) is 0 Å². The van der Waals surface area contributed by atoms with E-state index in [2.05, 4.69) is 0 Å². The number of hydrogen-bond acceptors (Lipinski definition) is 4. The molecule has 4 nitrogen and oxygen atoms in total. The molecule has 0 atom stereocenters. The first-order valence-electron chi connectivity index (χ1n) is 0.617. The van der Waals surface area contributed by atoms with Crippen molar-refractivity contribution < 1.29 is 58.4 Å². The Hall–Kier alpha value is 0.939. The predicted molar refractivity (Wildman–Crippen MR) is 0 cm³/mol. The van der Waals surface area contributed by atoms with Crippen LogP contribution in [0.3, 0.4) is 0 Å². The van der Waals surface area contributed by atoms with Crippen LogP contribution in [0.1, 0.15) is 0 Å². The molecule has 0 saturated carbocycles. The van der Waals surface area contributed by atoms with E-state index in [1.54, 1.807) is 0 Å². The van der Waals surface area contributed by atoms with E-state index in [-0.39, 0.29) is 17.1 Å². The maximum Gasteiger partial charge on any atom is 2.00 e. The van der Waals surface area contributed by atoms with Gasteiger partial charge in [0.1, 0.15) is 0 Å². The van der Waals surface area contributed by atoms with Crippen LogP contribution in [-0.4, -0.2) is 0 Å². The molecule has 0 amide bonds. The maximum atomic E-state index is 8.24. The van der Waals surface area contributed by atoms with E-state index in [0.29, 0.717) is 0 Å². The van der Waals surface area contributed by atoms with Crippen LogP contribution in [0.15, 0.2) is 0 Å². The third-order valence-electron chi connectivity index (χ3n) is 0. The molecule has 0 spiro atoms. The van der Waals surface area contributed by atoms with E-state index in [4.69, 9.17) is 18.6 Å². The fraction of sp³-hybridized carbons (Fsp3) is 0. The second-order valence-electron chi connectivity index (χ2n) is 0.126. The van der Waals surface area contributed by atoms with E-state index in [9.17, 15) is 0 Å². The first kappa shape index (κ1) is 15.7. The Kier molecular flexibility index (Phi) is 63.4. The number of halogens is 2. The SMILES string of the molecule is [Mn+2].[O-][Cl+][O-].[O-][Cl+][O-]. The minimum Gasteiger partial charge on any atom is -0.544 e. The van der Waals surface area contributed by atoms with E-state index >= 15 is 0 Å². The van der Waals surface area contributed by atoms with Crippen LogP contribution in [0.25, 0.3) is 0 Å². The Bertz CT molecular complexity index is 11.7. The van der Waals surface area contributed by atoms with Crippen molar-refractivity contribution in [2.45, 2.75) is 0 Å². The molecule has 0 unspecified atom stereocenters. The molecule has 0 aliphatic heterocycles. The Morgan fingerprint density at radius 3 is 0.714 bits per heavy atom. The monoisotopic (exact) mass is 189 g/mol. The van der Waals surface area contributed by atoms with Gasteiger partial charge in [-0.05, 0) is 0 Å². The summed E-state index contributed by atoms with van der Waals surface area (Å²) in [5.41, 5.74) is 0. The van der Waals surface area contributed by atoms with Crippen molar-refractivity contribution in [1.29, 1.82) is 0 Å². The second-order valence-corrected chi connectivity index (χ2v) is 0.378. The Morgan fingerprint density at radius 1 is 0.714 bits per heavy atom. The van der Waals surface area contributed by atoms with Crippen LogP contribution in [0.4, 0.5) is 0 Å². The van der Waals surface area contributed by atoms with Crippen molar-refractivity contribution in [2.24, 2.45) is 0 Å². The largest absolute Gasteiger partial charge is 2.00 e. The minimum atomic E-state index is -0.417. The average Bonchev–Trinajstić information content (AvgIpc) is 1.39. The van der Waals surface area contributed by atoms with Gasteiger partial charge in [0.15, 0.2) is 0 Å². The molecule has 0 heterocycles. The smallest absolute Gasteiger partial charge is 0.544 e. The molecule has 7 heavy (non-hydrogen) atoms. The first-order chi connectivity index (χ1) is 2.83. The molecule has 0 aliphatic carbocycles. The van der Waals surface area contributed by atoms with Crippen LogP contribution >= 0.6 is 0 Å². The van der Waals surface area contributed by atoms with Gasteiger partial charge in [0, 0.05) is 0 Å². The first-order valence-corrected chi connectivity index (χ1v) is 1.85. The van der Waals surface area contributed by atoms with Gasteiger partial charge < -0.3 is 18.6 Å². The zero-order valence-electron chi connectivity index (χ0n) is 2.77. The van der Waals surface area contributed by atoms with Gasteiger partial charge in [-0.1, -0.05) is 0 Å². The van der Waals surface area contributed by atoms with Crippen LogP contribution in [0, 0.1) is 22.7 Å². The van der Waals surface area contributed by atoms with Gasteiger partial charge in [-0.15, -0.1) is 0 Å². The molecular formula is Cl2MnO4. The zero-order chi connectivity index (χ0) is 5.41. The van der Waals surface area contributed by atoms with Gasteiger partial charge in [0.2, 0.25) is 0 Å². The molecule has 0 aliphatic rings. The molecular weight excluding hydrogens is 190 g/mol. The van der Waals surface area contributed by atoms with Gasteiger partial charge in [-0.3, -0.25) is 0 Å². The van der Waals surface area contributed by atoms with Gasteiger partial charge >= 0.3 is 17.1 Å². The zero-order valence-corrected chi connectivity index (χ0v) is 5.46. The molecule has 1 radical (unpaired) electrons. The fourth-order valence-electron chi connectivity index (χ4n) is 0. The van der Waals surface area contributed by atoms with E-state index in [1.807, 2.05) is 0 Å². The van der Waals surface area contributed by atoms with Crippen molar-refractivity contribution in [3.05, 3.63) is 0 Å². The average molecular weight is 190 g/mol. The molecule has 0 aromatic carbocycles. The summed E-state index contributed by atoms with van der Waals surface area (Å²) >= 11 is -0.833. The maximum absolute atomic E-state index is 8.24. The molecule has 7 heteroatoms. The summed E-state index contributed by atoms with van der Waals surface area (Å²) in [6.45, 7) is 0. The second kappa shape index (κ2) is 28.3. The Balaban J connectivity index is -0.0000000400. The van der Waals surface area contributed by atoms with Crippen molar-refractivity contribution in [2.75, 3.05) is 0 Å². The molecule has 0 fully saturated rings. The summed E-state index contributed by atoms with van der Waals surface area (Å²) in [7, 11) is 0. The summed E-state index contributed by atoms with van der Waals surface area (Å²) < 4.78 is 32.9. The minimum absolute atomic E-state index is 0. The van der Waals surface area contributed by atoms with Crippen LogP contribution < -0.4 is 18.6 Å². The molecule has 0 aromatic rings. The Labute approximate surface area is 58.8 Å². The summed E-state index contributed by atoms with van der Waals surface area (Å²) in [5.74, 6) is 0. The molecule has 0 aromatic heterocycles. The van der Waals surface area contributed by atoms with Crippen molar-refractivity contribution in [1.82, 2.24) is 0 Å². The number of hydrogen-bond donors (Lipinski definition) is 0. The topological polar surface area (TPSA) is 92.2 Å². The Morgan fingerprint density at radius 2 is 0.714 bits per heavy atom. The summed E-state index contributed by atoms with van der Waals surface area (Å²) in [5, 5.41) is 0. The number of rotatable bonds is 0. The third-order valence-corrected chi connectivity index (χ3v) is 0. The van der Waals surface area contributed by atoms with Gasteiger partial charge in [0.05, 0.1) is 22.7 Å². The van der Waals surface area contributed by atoms with Crippen molar-refractivity contribution >= 4 is 0 Å². The fourth-order valence-corrected chi connectivity index (χ4v) is 0. The van der Waals surface area contributed by atoms with Crippen LogP contribution in [0.5, 0.6) is 0 Å². The summed E-state index contributed by atoms with van der Waals surface area (Å²) in [6, 6.07) is 0. The standard InChI is InChI=1S/2ClO2.Mn/c2*2-1-3;/q2*-1;+2. The molecule has 0 saturated heterocycles. The molecule has 45 valence electrons. The van der Waals surface area contributed by atoms with Gasteiger partial charge in [0.25, 0.3) is 0 Å². The molecule has 0 N–H and O–H groups in total. The molecule has 0 rings (SSSR count). The van der Waals surface area contributed by atoms with Gasteiger partial charge in [-0.2, -0.15) is 0 Å². The van der Waals surface area contributed by atoms with Gasteiger partial charge in [-0.25, -0.2) is 0 Å². The van der Waals surface area contributed by atoms with Crippen molar-refractivity contribution in [3.63, 3.8) is 0 Å². The van der Waals surface area contributed by atoms with E-state index < -0.39 is 22.7 Å².